The lowest BCUT2D eigenvalue weighted by molar-refractivity contribution is 1.17. The predicted molar refractivity (Wildman–Crippen MR) is 205 cm³/mol. The van der Waals surface area contributed by atoms with Crippen LogP contribution in [0.2, 0.25) is 0 Å². The van der Waals surface area contributed by atoms with Gasteiger partial charge in [0.15, 0.2) is 5.82 Å². The molecule has 0 radical (unpaired) electrons. The van der Waals surface area contributed by atoms with Crippen LogP contribution in [0.1, 0.15) is 0 Å². The van der Waals surface area contributed by atoms with Crippen molar-refractivity contribution in [2.24, 2.45) is 0 Å². The molecule has 228 valence electrons. The zero-order chi connectivity index (χ0) is 32.3. The molecule has 0 saturated heterocycles. The second-order valence-electron chi connectivity index (χ2n) is 12.6. The zero-order valence-corrected chi connectivity index (χ0v) is 26.6. The smallest absolute Gasteiger partial charge is 0.160 e. The van der Waals surface area contributed by atoms with Crippen molar-refractivity contribution < 1.29 is 0 Å². The second kappa shape index (κ2) is 11.0. The van der Waals surface area contributed by atoms with E-state index < -0.39 is 0 Å². The molecule has 2 heterocycles. The number of nitrogens with zero attached hydrogens (tertiary/aromatic N) is 3. The Labute approximate surface area is 283 Å². The number of hydrogen-bond acceptors (Lipinski definition) is 2. The van der Waals surface area contributed by atoms with Gasteiger partial charge in [-0.1, -0.05) is 152 Å². The van der Waals surface area contributed by atoms with E-state index in [0.29, 0.717) is 5.82 Å². The Hall–Kier alpha value is -6.58. The average molecular weight is 624 g/mol. The van der Waals surface area contributed by atoms with E-state index in [1.807, 2.05) is 24.3 Å². The van der Waals surface area contributed by atoms with Gasteiger partial charge in [0.1, 0.15) is 0 Å². The van der Waals surface area contributed by atoms with Gasteiger partial charge >= 0.3 is 0 Å². The summed E-state index contributed by atoms with van der Waals surface area (Å²) in [6.45, 7) is 0. The van der Waals surface area contributed by atoms with Crippen molar-refractivity contribution in [1.82, 2.24) is 14.5 Å². The molecule has 0 fully saturated rings. The third-order valence-corrected chi connectivity index (χ3v) is 9.77. The number of aromatic nitrogens is 3. The van der Waals surface area contributed by atoms with E-state index in [9.17, 15) is 0 Å². The first-order valence-corrected chi connectivity index (χ1v) is 16.7. The van der Waals surface area contributed by atoms with Crippen molar-refractivity contribution >= 4 is 54.1 Å². The summed E-state index contributed by atoms with van der Waals surface area (Å²) in [6.07, 6.45) is 0. The molecule has 0 atom stereocenters. The molecule has 3 nitrogen and oxygen atoms in total. The van der Waals surface area contributed by atoms with Gasteiger partial charge in [0.2, 0.25) is 0 Å². The highest BCUT2D eigenvalue weighted by Crippen LogP contribution is 2.44. The molecule has 0 bridgehead atoms. The van der Waals surface area contributed by atoms with Gasteiger partial charge < -0.3 is 4.57 Å². The van der Waals surface area contributed by atoms with Crippen LogP contribution in [0.25, 0.3) is 93.7 Å². The second-order valence-corrected chi connectivity index (χ2v) is 12.6. The summed E-state index contributed by atoms with van der Waals surface area (Å²) in [6, 6.07) is 62.5. The number of rotatable bonds is 4. The summed E-state index contributed by atoms with van der Waals surface area (Å²) in [4.78, 5) is 10.1. The Morgan fingerprint density at radius 3 is 1.67 bits per heavy atom. The van der Waals surface area contributed by atoms with Gasteiger partial charge in [0, 0.05) is 38.5 Å². The molecule has 3 heteroatoms. The normalized spacial score (nSPS) is 11.7. The van der Waals surface area contributed by atoms with Gasteiger partial charge in [-0.25, -0.2) is 9.97 Å². The lowest BCUT2D eigenvalue weighted by Gasteiger charge is -2.14. The van der Waals surface area contributed by atoms with Crippen LogP contribution >= 0.6 is 0 Å². The minimum absolute atomic E-state index is 0.717. The molecule has 0 aliphatic carbocycles. The Morgan fingerprint density at radius 1 is 0.367 bits per heavy atom. The van der Waals surface area contributed by atoms with E-state index >= 15 is 0 Å². The zero-order valence-electron chi connectivity index (χ0n) is 26.6. The molecule has 0 amide bonds. The Balaban J connectivity index is 1.21. The molecule has 49 heavy (non-hydrogen) atoms. The van der Waals surface area contributed by atoms with Crippen LogP contribution in [0.5, 0.6) is 0 Å². The van der Waals surface area contributed by atoms with Crippen molar-refractivity contribution in [3.63, 3.8) is 0 Å². The van der Waals surface area contributed by atoms with Crippen LogP contribution < -0.4 is 0 Å². The Kier molecular flexibility index (Phi) is 6.18. The molecule has 0 aliphatic rings. The van der Waals surface area contributed by atoms with E-state index in [1.54, 1.807) is 0 Å². The Bertz CT molecular complexity index is 2790. The van der Waals surface area contributed by atoms with Crippen LogP contribution in [0.15, 0.2) is 176 Å². The molecule has 10 aromatic rings. The van der Waals surface area contributed by atoms with Gasteiger partial charge in [-0.05, 0) is 51.2 Å². The Morgan fingerprint density at radius 2 is 0.939 bits per heavy atom. The quantitative estimate of drug-likeness (QED) is 0.183. The maximum atomic E-state index is 5.07. The van der Waals surface area contributed by atoms with Gasteiger partial charge in [-0.3, -0.25) is 0 Å². The van der Waals surface area contributed by atoms with Crippen LogP contribution in [-0.2, 0) is 0 Å². The fourth-order valence-corrected chi connectivity index (χ4v) is 7.56. The van der Waals surface area contributed by atoms with Crippen LogP contribution in [0.3, 0.4) is 0 Å². The molecule has 0 saturated carbocycles. The van der Waals surface area contributed by atoms with Crippen molar-refractivity contribution in [2.45, 2.75) is 0 Å². The van der Waals surface area contributed by atoms with Crippen LogP contribution in [0.4, 0.5) is 0 Å². The molecule has 2 aromatic heterocycles. The monoisotopic (exact) mass is 623 g/mol. The fourth-order valence-electron chi connectivity index (χ4n) is 7.56. The SMILES string of the molecule is c1ccc(-c2cc(-c3ccc(-n4c5ccccc5c5c6ccc7ccccc7c6c6ccccc6c54)cc3)nc(-c3ccccc3)n2)cc1. The minimum Gasteiger partial charge on any atom is -0.309 e. The highest BCUT2D eigenvalue weighted by atomic mass is 15.0. The number of benzene rings is 8. The van der Waals surface area contributed by atoms with Crippen molar-refractivity contribution in [3.8, 4) is 39.6 Å². The molecule has 10 rings (SSSR count). The van der Waals surface area contributed by atoms with Crippen LogP contribution in [-0.4, -0.2) is 14.5 Å². The summed E-state index contributed by atoms with van der Waals surface area (Å²) in [5.41, 5.74) is 8.44. The molecule has 0 aliphatic heterocycles. The lowest BCUT2D eigenvalue weighted by Crippen LogP contribution is -1.97. The summed E-state index contributed by atoms with van der Waals surface area (Å²) in [5.74, 6) is 0.717. The van der Waals surface area contributed by atoms with E-state index in [-0.39, 0.29) is 0 Å². The van der Waals surface area contributed by atoms with Gasteiger partial charge in [0.25, 0.3) is 0 Å². The summed E-state index contributed by atoms with van der Waals surface area (Å²) >= 11 is 0. The highest BCUT2D eigenvalue weighted by molar-refractivity contribution is 6.36. The van der Waals surface area contributed by atoms with E-state index in [1.165, 1.54) is 54.1 Å². The molecule has 0 spiro atoms. The first kappa shape index (κ1) is 27.5. The standard InChI is InChI=1S/C46H29N3/c1-3-14-31(15-4-1)40-29-41(48-46(47-40)33-16-5-2-6-17-33)32-23-26-34(27-24-32)49-42-22-12-11-21-38(42)44-39-28-25-30-13-7-8-18-35(30)43(39)36-19-9-10-20-37(36)45(44)49/h1-29H. The first-order valence-electron chi connectivity index (χ1n) is 16.7. The number of hydrogen-bond donors (Lipinski definition) is 0. The maximum Gasteiger partial charge on any atom is 0.160 e. The first-order chi connectivity index (χ1) is 24.3. The van der Waals surface area contributed by atoms with Crippen molar-refractivity contribution in [1.29, 1.82) is 0 Å². The topological polar surface area (TPSA) is 30.7 Å². The third-order valence-electron chi connectivity index (χ3n) is 9.77. The van der Waals surface area contributed by atoms with E-state index in [0.717, 1.165) is 33.8 Å². The minimum atomic E-state index is 0.717. The van der Waals surface area contributed by atoms with E-state index in [2.05, 4.69) is 156 Å². The van der Waals surface area contributed by atoms with Gasteiger partial charge in [-0.2, -0.15) is 0 Å². The lowest BCUT2D eigenvalue weighted by atomic mass is 9.93. The highest BCUT2D eigenvalue weighted by Gasteiger charge is 2.20. The fraction of sp³-hybridized carbons (Fsp3) is 0. The summed E-state index contributed by atoms with van der Waals surface area (Å²) < 4.78 is 2.44. The van der Waals surface area contributed by atoms with Crippen molar-refractivity contribution in [2.75, 3.05) is 0 Å². The number of para-hydroxylation sites is 1. The molecule has 0 unspecified atom stereocenters. The largest absolute Gasteiger partial charge is 0.309 e. The summed E-state index contributed by atoms with van der Waals surface area (Å²) in [7, 11) is 0. The molecule has 8 aromatic carbocycles. The van der Waals surface area contributed by atoms with E-state index in [4.69, 9.17) is 9.97 Å². The van der Waals surface area contributed by atoms with Crippen LogP contribution in [0, 0.1) is 0 Å². The predicted octanol–water partition coefficient (Wildman–Crippen LogP) is 12.0. The van der Waals surface area contributed by atoms with Crippen molar-refractivity contribution in [3.05, 3.63) is 176 Å². The molecule has 0 N–H and O–H groups in total. The summed E-state index contributed by atoms with van der Waals surface area (Å²) in [5, 5.41) is 10.2. The van der Waals surface area contributed by atoms with Gasteiger partial charge in [0.05, 0.1) is 22.4 Å². The van der Waals surface area contributed by atoms with Gasteiger partial charge in [-0.15, -0.1) is 0 Å². The third kappa shape index (κ3) is 4.37. The maximum absolute atomic E-state index is 5.07. The average Bonchev–Trinajstić information content (AvgIpc) is 3.54. The molecular weight excluding hydrogens is 595 g/mol. The number of fused-ring (bicyclic) bond motifs is 10. The molecular formula is C46H29N3.